The lowest BCUT2D eigenvalue weighted by molar-refractivity contribution is -0.758. The molecule has 1 saturated heterocycles. The molecule has 2 heterocycles. The van der Waals surface area contributed by atoms with Crippen LogP contribution in [0.15, 0.2) is 24.5 Å². The number of ether oxygens (including phenoxy) is 1. The summed E-state index contributed by atoms with van der Waals surface area (Å²) in [5.41, 5.74) is 5.49. The van der Waals surface area contributed by atoms with Crippen LogP contribution in [0.4, 0.5) is 0 Å². The molecule has 1 aliphatic heterocycles. The lowest BCUT2D eigenvalue weighted by atomic mass is 10.2. The zero-order valence-corrected chi connectivity index (χ0v) is 10.2. The number of rotatable bonds is 3. The standard InChI is InChI=1S/C11H13ClN2O4/c12-8-9(16)7(5-15)18-11(8)14-3-1-2-6(4-14)10(13)17/h1-4,7-9,11,15-16H,5H2,(H-,13,17)/p+1/t7-,8-,9-,11-/m1/s1. The van der Waals surface area contributed by atoms with Crippen molar-refractivity contribution >= 4 is 17.5 Å². The molecule has 7 heteroatoms. The number of nitrogens with two attached hydrogens (primary N) is 1. The van der Waals surface area contributed by atoms with Crippen LogP contribution in [0, 0.1) is 0 Å². The van der Waals surface area contributed by atoms with Gasteiger partial charge in [0.15, 0.2) is 17.8 Å². The van der Waals surface area contributed by atoms with Gasteiger partial charge < -0.3 is 20.7 Å². The van der Waals surface area contributed by atoms with Gasteiger partial charge >= 0.3 is 0 Å². The number of alkyl halides is 1. The summed E-state index contributed by atoms with van der Waals surface area (Å²) in [5, 5.41) is 18.1. The van der Waals surface area contributed by atoms with Crippen molar-refractivity contribution in [3.8, 4) is 0 Å². The van der Waals surface area contributed by atoms with Gasteiger partial charge in [0.25, 0.3) is 12.1 Å². The molecule has 4 atom stereocenters. The number of nitrogens with zero attached hydrogens (tertiary/aromatic N) is 1. The minimum Gasteiger partial charge on any atom is -0.394 e. The highest BCUT2D eigenvalue weighted by Gasteiger charge is 2.47. The van der Waals surface area contributed by atoms with Crippen LogP contribution in [-0.4, -0.2) is 40.3 Å². The second-order valence-corrected chi connectivity index (χ2v) is 4.59. The maximum absolute atomic E-state index is 11.1. The monoisotopic (exact) mass is 273 g/mol. The Morgan fingerprint density at radius 2 is 2.33 bits per heavy atom. The largest absolute Gasteiger partial charge is 0.394 e. The molecule has 1 aromatic rings. The van der Waals surface area contributed by atoms with Crippen LogP contribution in [0.2, 0.25) is 0 Å². The average Bonchev–Trinajstić information content (AvgIpc) is 2.66. The number of aliphatic hydroxyl groups excluding tert-OH is 2. The number of amides is 1. The van der Waals surface area contributed by atoms with E-state index in [2.05, 4.69) is 0 Å². The maximum Gasteiger partial charge on any atom is 0.282 e. The summed E-state index contributed by atoms with van der Waals surface area (Å²) in [4.78, 5) is 11.1. The minimum atomic E-state index is -0.966. The Hall–Kier alpha value is -1.21. The molecule has 0 radical (unpaired) electrons. The number of hydrogen-bond acceptors (Lipinski definition) is 4. The topological polar surface area (TPSA) is 96.7 Å². The lowest BCUT2D eigenvalue weighted by Crippen LogP contribution is -2.44. The number of hydrogen-bond donors (Lipinski definition) is 3. The van der Waals surface area contributed by atoms with E-state index in [1.165, 1.54) is 6.20 Å². The van der Waals surface area contributed by atoms with Crippen LogP contribution < -0.4 is 10.3 Å². The van der Waals surface area contributed by atoms with Crippen molar-refractivity contribution in [2.24, 2.45) is 5.73 Å². The average molecular weight is 274 g/mol. The molecule has 4 N–H and O–H groups in total. The van der Waals surface area contributed by atoms with Crippen LogP contribution >= 0.6 is 11.6 Å². The summed E-state index contributed by atoms with van der Waals surface area (Å²) in [6.07, 6.45) is 0.792. The van der Waals surface area contributed by atoms with Crippen molar-refractivity contribution in [3.63, 3.8) is 0 Å². The fraction of sp³-hybridized carbons (Fsp3) is 0.455. The number of primary amides is 1. The molecule has 0 spiro atoms. The number of aliphatic hydroxyl groups is 2. The number of aromatic nitrogens is 1. The van der Waals surface area contributed by atoms with Crippen LogP contribution in [0.5, 0.6) is 0 Å². The summed E-state index contributed by atoms with van der Waals surface area (Å²) in [6, 6.07) is 3.20. The van der Waals surface area contributed by atoms with Crippen molar-refractivity contribution in [2.75, 3.05) is 6.61 Å². The molecule has 2 rings (SSSR count). The van der Waals surface area contributed by atoms with Gasteiger partial charge in [0.1, 0.15) is 17.8 Å². The van der Waals surface area contributed by atoms with E-state index in [1.807, 2.05) is 0 Å². The summed E-state index contributed by atoms with van der Waals surface area (Å²) >= 11 is 6.05. The first-order chi connectivity index (χ1) is 8.54. The Labute approximate surface area is 109 Å². The molecule has 1 fully saturated rings. The van der Waals surface area contributed by atoms with Crippen LogP contribution in [0.25, 0.3) is 0 Å². The summed E-state index contributed by atoms with van der Waals surface area (Å²) in [6.45, 7) is -0.322. The zero-order valence-electron chi connectivity index (χ0n) is 9.44. The van der Waals surface area contributed by atoms with Crippen molar-refractivity contribution < 1.29 is 24.3 Å². The van der Waals surface area contributed by atoms with Crippen molar-refractivity contribution in [2.45, 2.75) is 23.8 Å². The number of pyridine rings is 1. The molecular weight excluding hydrogens is 260 g/mol. The summed E-state index contributed by atoms with van der Waals surface area (Å²) < 4.78 is 6.99. The predicted octanol–water partition coefficient (Wildman–Crippen LogP) is -1.07. The van der Waals surface area contributed by atoms with Crippen LogP contribution in [0.3, 0.4) is 0 Å². The highest BCUT2D eigenvalue weighted by molar-refractivity contribution is 6.21. The number of carbonyl (C=O) groups is 1. The summed E-state index contributed by atoms with van der Waals surface area (Å²) in [7, 11) is 0. The van der Waals surface area contributed by atoms with Crippen LogP contribution in [0.1, 0.15) is 16.6 Å². The molecule has 0 saturated carbocycles. The Bertz CT molecular complexity index is 456. The van der Waals surface area contributed by atoms with E-state index >= 15 is 0 Å². The molecule has 0 aliphatic carbocycles. The van der Waals surface area contributed by atoms with Gasteiger partial charge in [-0.05, 0) is 6.07 Å². The van der Waals surface area contributed by atoms with Gasteiger partial charge in [0, 0.05) is 6.07 Å². The molecule has 6 nitrogen and oxygen atoms in total. The molecule has 0 bridgehead atoms. The molecular formula is C11H14ClN2O4+. The first-order valence-electron chi connectivity index (χ1n) is 5.43. The zero-order chi connectivity index (χ0) is 13.3. The maximum atomic E-state index is 11.1. The van der Waals surface area contributed by atoms with Gasteiger partial charge in [-0.25, -0.2) is 0 Å². The van der Waals surface area contributed by atoms with Gasteiger partial charge in [-0.15, -0.1) is 11.6 Å². The highest BCUT2D eigenvalue weighted by Crippen LogP contribution is 2.29. The third-order valence-corrected chi connectivity index (χ3v) is 3.35. The molecule has 18 heavy (non-hydrogen) atoms. The smallest absolute Gasteiger partial charge is 0.282 e. The minimum absolute atomic E-state index is 0.312. The van der Waals surface area contributed by atoms with Gasteiger partial charge in [0.05, 0.1) is 6.61 Å². The Morgan fingerprint density at radius 3 is 2.89 bits per heavy atom. The van der Waals surface area contributed by atoms with E-state index in [0.717, 1.165) is 0 Å². The predicted molar refractivity (Wildman–Crippen MR) is 61.8 cm³/mol. The van der Waals surface area contributed by atoms with Crippen molar-refractivity contribution in [1.29, 1.82) is 0 Å². The fourth-order valence-corrected chi connectivity index (χ4v) is 2.24. The molecule has 98 valence electrons. The third kappa shape index (κ3) is 2.32. The Morgan fingerprint density at radius 1 is 1.61 bits per heavy atom. The van der Waals surface area contributed by atoms with E-state index in [9.17, 15) is 9.90 Å². The van der Waals surface area contributed by atoms with Crippen molar-refractivity contribution in [1.82, 2.24) is 0 Å². The quantitative estimate of drug-likeness (QED) is 0.483. The van der Waals surface area contributed by atoms with E-state index in [0.29, 0.717) is 5.56 Å². The second-order valence-electron chi connectivity index (χ2n) is 4.09. The first kappa shape index (κ1) is 13.2. The van der Waals surface area contributed by atoms with Gasteiger partial charge in [0.2, 0.25) is 0 Å². The van der Waals surface area contributed by atoms with Gasteiger partial charge in [-0.3, -0.25) is 4.79 Å². The molecule has 1 aliphatic rings. The molecule has 0 aromatic carbocycles. The molecule has 0 unspecified atom stereocenters. The normalized spacial score (nSPS) is 31.5. The van der Waals surface area contributed by atoms with E-state index < -0.39 is 29.7 Å². The highest BCUT2D eigenvalue weighted by atomic mass is 35.5. The van der Waals surface area contributed by atoms with E-state index in [4.69, 9.17) is 27.2 Å². The third-order valence-electron chi connectivity index (χ3n) is 2.87. The van der Waals surface area contributed by atoms with Gasteiger partial charge in [-0.2, -0.15) is 4.57 Å². The van der Waals surface area contributed by atoms with Crippen LogP contribution in [-0.2, 0) is 4.74 Å². The first-order valence-corrected chi connectivity index (χ1v) is 5.87. The number of halogens is 1. The number of carbonyl (C=O) groups excluding carboxylic acids is 1. The molecule has 1 amide bonds. The fourth-order valence-electron chi connectivity index (χ4n) is 1.89. The SMILES string of the molecule is NC(=O)c1ccc[n+]([C@@H]2O[C@H](CO)[C@@H](O)[C@H]2Cl)c1. The van der Waals surface area contributed by atoms with E-state index in [-0.39, 0.29) is 6.61 Å². The molecule has 1 aromatic heterocycles. The van der Waals surface area contributed by atoms with Crippen molar-refractivity contribution in [3.05, 3.63) is 30.1 Å². The second kappa shape index (κ2) is 5.19. The lowest BCUT2D eigenvalue weighted by Gasteiger charge is -2.09. The Balaban J connectivity index is 2.27. The summed E-state index contributed by atoms with van der Waals surface area (Å²) in [5.74, 6) is -0.562. The van der Waals surface area contributed by atoms with E-state index in [1.54, 1.807) is 22.9 Å². The van der Waals surface area contributed by atoms with Gasteiger partial charge in [-0.1, -0.05) is 0 Å². The Kier molecular flexibility index (Phi) is 3.82.